The molecule has 0 bridgehead atoms. The van der Waals surface area contributed by atoms with E-state index in [4.69, 9.17) is 4.74 Å². The lowest BCUT2D eigenvalue weighted by molar-refractivity contribution is 0.119. The number of nitrogens with zero attached hydrogens (tertiary/aromatic N) is 5. The third kappa shape index (κ3) is 5.56. The second-order valence-corrected chi connectivity index (χ2v) is 7.30. The van der Waals surface area contributed by atoms with Crippen molar-refractivity contribution in [3.63, 3.8) is 0 Å². The van der Waals surface area contributed by atoms with Gasteiger partial charge in [0.1, 0.15) is 18.2 Å². The van der Waals surface area contributed by atoms with Crippen LogP contribution in [0.5, 0.6) is 5.75 Å². The van der Waals surface area contributed by atoms with E-state index >= 15 is 0 Å². The van der Waals surface area contributed by atoms with Crippen LogP contribution in [0.25, 0.3) is 0 Å². The molecule has 1 aromatic carbocycles. The number of imidazole rings is 1. The zero-order valence-corrected chi connectivity index (χ0v) is 16.3. The Morgan fingerprint density at radius 1 is 1.00 bits per heavy atom. The lowest BCUT2D eigenvalue weighted by Gasteiger charge is -2.34. The SMILES string of the molecule is CN(C)CCOc1ccc(CN2CCN(Cc3nccn3C)CC2)cc1. The molecule has 2 heterocycles. The van der Waals surface area contributed by atoms with E-state index in [2.05, 4.69) is 69.7 Å². The first-order valence-corrected chi connectivity index (χ1v) is 9.37. The number of ether oxygens (including phenoxy) is 1. The quantitative estimate of drug-likeness (QED) is 0.718. The fourth-order valence-electron chi connectivity index (χ4n) is 3.15. The van der Waals surface area contributed by atoms with E-state index < -0.39 is 0 Å². The molecule has 0 N–H and O–H groups in total. The molecule has 0 aliphatic carbocycles. The molecular weight excluding hydrogens is 326 g/mol. The Kier molecular flexibility index (Phi) is 6.66. The fraction of sp³-hybridized carbons (Fsp3) is 0.550. The summed E-state index contributed by atoms with van der Waals surface area (Å²) in [4.78, 5) is 11.6. The smallest absolute Gasteiger partial charge is 0.122 e. The minimum Gasteiger partial charge on any atom is -0.492 e. The van der Waals surface area contributed by atoms with Gasteiger partial charge in [0, 0.05) is 58.7 Å². The zero-order chi connectivity index (χ0) is 18.4. The molecule has 1 saturated heterocycles. The van der Waals surface area contributed by atoms with Crippen LogP contribution in [0.4, 0.5) is 0 Å². The van der Waals surface area contributed by atoms with Gasteiger partial charge in [-0.05, 0) is 31.8 Å². The van der Waals surface area contributed by atoms with Crippen molar-refractivity contribution < 1.29 is 4.74 Å². The lowest BCUT2D eigenvalue weighted by atomic mass is 10.2. The van der Waals surface area contributed by atoms with Crippen LogP contribution in [0.15, 0.2) is 36.7 Å². The van der Waals surface area contributed by atoms with Crippen molar-refractivity contribution in [1.29, 1.82) is 0 Å². The van der Waals surface area contributed by atoms with E-state index in [-0.39, 0.29) is 0 Å². The maximum atomic E-state index is 5.77. The maximum Gasteiger partial charge on any atom is 0.122 e. The molecule has 1 fully saturated rings. The van der Waals surface area contributed by atoms with Crippen molar-refractivity contribution in [2.24, 2.45) is 7.05 Å². The van der Waals surface area contributed by atoms with E-state index in [1.54, 1.807) is 0 Å². The van der Waals surface area contributed by atoms with Crippen molar-refractivity contribution in [2.75, 3.05) is 53.4 Å². The van der Waals surface area contributed by atoms with Crippen LogP contribution in [0.2, 0.25) is 0 Å². The molecule has 142 valence electrons. The molecule has 0 spiro atoms. The van der Waals surface area contributed by atoms with Gasteiger partial charge in [0.05, 0.1) is 6.54 Å². The summed E-state index contributed by atoms with van der Waals surface area (Å²) in [6, 6.07) is 8.54. The standard InChI is InChI=1S/C20H31N5O/c1-22(2)14-15-26-19-6-4-18(5-7-19)16-24-10-12-25(13-11-24)17-20-21-8-9-23(20)3/h4-9H,10-17H2,1-3H3. The molecule has 0 unspecified atom stereocenters. The molecule has 6 nitrogen and oxygen atoms in total. The molecule has 0 amide bonds. The third-order valence-electron chi connectivity index (χ3n) is 4.89. The molecule has 3 rings (SSSR count). The van der Waals surface area contributed by atoms with Crippen molar-refractivity contribution in [3.05, 3.63) is 48.0 Å². The van der Waals surface area contributed by atoms with Gasteiger partial charge in [0.25, 0.3) is 0 Å². The molecule has 0 saturated carbocycles. The summed E-state index contributed by atoms with van der Waals surface area (Å²) in [5.41, 5.74) is 1.35. The second-order valence-electron chi connectivity index (χ2n) is 7.30. The Balaban J connectivity index is 1.40. The first-order chi connectivity index (χ1) is 12.6. The Morgan fingerprint density at radius 3 is 2.23 bits per heavy atom. The highest BCUT2D eigenvalue weighted by Crippen LogP contribution is 2.15. The second kappa shape index (κ2) is 9.16. The molecule has 26 heavy (non-hydrogen) atoms. The average molecular weight is 358 g/mol. The van der Waals surface area contributed by atoms with E-state index in [1.165, 1.54) is 5.56 Å². The first kappa shape index (κ1) is 18.9. The normalized spacial score (nSPS) is 16.3. The van der Waals surface area contributed by atoms with Gasteiger partial charge in [-0.25, -0.2) is 4.98 Å². The number of rotatable bonds is 8. The minimum atomic E-state index is 0.726. The Morgan fingerprint density at radius 2 is 1.65 bits per heavy atom. The number of likely N-dealkylation sites (N-methyl/N-ethyl adjacent to an activating group) is 1. The van der Waals surface area contributed by atoms with Gasteiger partial charge in [0.15, 0.2) is 0 Å². The number of hydrogen-bond donors (Lipinski definition) is 0. The zero-order valence-electron chi connectivity index (χ0n) is 16.3. The number of hydrogen-bond acceptors (Lipinski definition) is 5. The van der Waals surface area contributed by atoms with Crippen LogP contribution in [0, 0.1) is 0 Å². The highest BCUT2D eigenvalue weighted by molar-refractivity contribution is 5.27. The van der Waals surface area contributed by atoms with Gasteiger partial charge in [-0.2, -0.15) is 0 Å². The summed E-state index contributed by atoms with van der Waals surface area (Å²) < 4.78 is 7.87. The van der Waals surface area contributed by atoms with Gasteiger partial charge >= 0.3 is 0 Å². The molecule has 1 aliphatic heterocycles. The van der Waals surface area contributed by atoms with Crippen LogP contribution in [-0.4, -0.2) is 77.7 Å². The summed E-state index contributed by atoms with van der Waals surface area (Å²) in [6.45, 7) is 8.01. The van der Waals surface area contributed by atoms with Crippen LogP contribution in [0.3, 0.4) is 0 Å². The van der Waals surface area contributed by atoms with E-state index in [0.29, 0.717) is 0 Å². The maximum absolute atomic E-state index is 5.77. The Labute approximate surface area is 157 Å². The third-order valence-corrected chi connectivity index (χ3v) is 4.89. The number of benzene rings is 1. The number of aromatic nitrogens is 2. The summed E-state index contributed by atoms with van der Waals surface area (Å²) in [7, 11) is 6.18. The van der Waals surface area contributed by atoms with Gasteiger partial charge in [0.2, 0.25) is 0 Å². The lowest BCUT2D eigenvalue weighted by Crippen LogP contribution is -2.45. The van der Waals surface area contributed by atoms with Gasteiger partial charge in [-0.15, -0.1) is 0 Å². The Bertz CT molecular complexity index is 659. The number of piperazine rings is 1. The van der Waals surface area contributed by atoms with E-state index in [1.807, 2.05) is 12.4 Å². The van der Waals surface area contributed by atoms with Crippen LogP contribution in [0.1, 0.15) is 11.4 Å². The fourth-order valence-corrected chi connectivity index (χ4v) is 3.15. The predicted molar refractivity (Wildman–Crippen MR) is 104 cm³/mol. The molecular formula is C20H31N5O. The molecule has 0 atom stereocenters. The van der Waals surface area contributed by atoms with Crippen molar-refractivity contribution in [3.8, 4) is 5.75 Å². The molecule has 6 heteroatoms. The predicted octanol–water partition coefficient (Wildman–Crippen LogP) is 1.68. The minimum absolute atomic E-state index is 0.726. The van der Waals surface area contributed by atoms with E-state index in [9.17, 15) is 0 Å². The van der Waals surface area contributed by atoms with E-state index in [0.717, 1.165) is 64.0 Å². The highest BCUT2D eigenvalue weighted by atomic mass is 16.5. The number of aryl methyl sites for hydroxylation is 1. The van der Waals surface area contributed by atoms with Crippen molar-refractivity contribution in [1.82, 2.24) is 24.3 Å². The van der Waals surface area contributed by atoms with Crippen molar-refractivity contribution >= 4 is 0 Å². The topological polar surface area (TPSA) is 36.8 Å². The molecule has 2 aromatic rings. The van der Waals surface area contributed by atoms with Crippen molar-refractivity contribution in [2.45, 2.75) is 13.1 Å². The first-order valence-electron chi connectivity index (χ1n) is 9.37. The summed E-state index contributed by atoms with van der Waals surface area (Å²) in [5, 5.41) is 0. The van der Waals surface area contributed by atoms with Crippen LogP contribution in [-0.2, 0) is 20.1 Å². The van der Waals surface area contributed by atoms with Gasteiger partial charge in [-0.1, -0.05) is 12.1 Å². The summed E-state index contributed by atoms with van der Waals surface area (Å²) in [6.07, 6.45) is 3.89. The highest BCUT2D eigenvalue weighted by Gasteiger charge is 2.18. The van der Waals surface area contributed by atoms with Crippen LogP contribution >= 0.6 is 0 Å². The van der Waals surface area contributed by atoms with Gasteiger partial charge < -0.3 is 14.2 Å². The Hall–Kier alpha value is -1.89. The molecule has 1 aliphatic rings. The van der Waals surface area contributed by atoms with Gasteiger partial charge in [-0.3, -0.25) is 9.80 Å². The monoisotopic (exact) mass is 357 g/mol. The average Bonchev–Trinajstić information content (AvgIpc) is 3.03. The largest absolute Gasteiger partial charge is 0.492 e. The summed E-state index contributed by atoms with van der Waals surface area (Å²) >= 11 is 0. The molecule has 0 radical (unpaired) electrons. The van der Waals surface area contributed by atoms with Crippen LogP contribution < -0.4 is 4.74 Å². The molecule has 1 aromatic heterocycles. The summed E-state index contributed by atoms with van der Waals surface area (Å²) in [5.74, 6) is 2.10.